The van der Waals surface area contributed by atoms with Crippen LogP contribution in [0.5, 0.6) is 0 Å². The summed E-state index contributed by atoms with van der Waals surface area (Å²) in [7, 11) is -3.51. The van der Waals surface area contributed by atoms with Crippen molar-refractivity contribution in [2.24, 2.45) is 0 Å². The van der Waals surface area contributed by atoms with E-state index in [1.807, 2.05) is 31.2 Å². The third kappa shape index (κ3) is 2.89. The monoisotopic (exact) mass is 333 g/mol. The van der Waals surface area contributed by atoms with Crippen molar-refractivity contribution in [1.82, 2.24) is 0 Å². The van der Waals surface area contributed by atoms with Crippen molar-refractivity contribution in [3.63, 3.8) is 0 Å². The first-order chi connectivity index (χ1) is 10.5. The third-order valence-corrected chi connectivity index (χ3v) is 5.56. The minimum atomic E-state index is -3.51. The minimum Gasteiger partial charge on any atom is -0.263 e. The Hall–Kier alpha value is -1.78. The Bertz CT molecular complexity index is 813. The number of anilines is 1. The van der Waals surface area contributed by atoms with Crippen molar-refractivity contribution in [3.8, 4) is 0 Å². The molecule has 0 saturated heterocycles. The standard InChI is InChI=1S/C17H16ClNO2S/c1-13-12-15-4-2-3-5-17(15)19(13)22(20,21)11-10-14-6-8-16(18)9-7-14/h2-11,13H,12H2,1H3. The zero-order valence-electron chi connectivity index (χ0n) is 12.1. The van der Waals surface area contributed by atoms with Crippen LogP contribution < -0.4 is 4.31 Å². The normalized spacial score (nSPS) is 17.9. The van der Waals surface area contributed by atoms with Crippen LogP contribution in [0.1, 0.15) is 18.1 Å². The van der Waals surface area contributed by atoms with Gasteiger partial charge in [0.1, 0.15) is 0 Å². The smallest absolute Gasteiger partial charge is 0.257 e. The van der Waals surface area contributed by atoms with E-state index in [-0.39, 0.29) is 6.04 Å². The Labute approximate surface area is 135 Å². The SMILES string of the molecule is CC1Cc2ccccc2N1S(=O)(=O)C=Cc1ccc(Cl)cc1. The number of hydrogen-bond donors (Lipinski definition) is 0. The maximum atomic E-state index is 12.7. The predicted octanol–water partition coefficient (Wildman–Crippen LogP) is 4.09. The first-order valence-electron chi connectivity index (χ1n) is 7.03. The third-order valence-electron chi connectivity index (χ3n) is 3.72. The van der Waals surface area contributed by atoms with E-state index in [4.69, 9.17) is 11.6 Å². The highest BCUT2D eigenvalue weighted by Gasteiger charge is 2.33. The lowest BCUT2D eigenvalue weighted by Crippen LogP contribution is -2.34. The first kappa shape index (κ1) is 15.1. The molecule has 0 aliphatic carbocycles. The van der Waals surface area contributed by atoms with Crippen LogP contribution in [0.2, 0.25) is 5.02 Å². The lowest BCUT2D eigenvalue weighted by atomic mass is 10.1. The van der Waals surface area contributed by atoms with Gasteiger partial charge in [-0.25, -0.2) is 8.42 Å². The van der Waals surface area contributed by atoms with Crippen molar-refractivity contribution < 1.29 is 8.42 Å². The number of hydrogen-bond acceptors (Lipinski definition) is 2. The van der Waals surface area contributed by atoms with Gasteiger partial charge in [0.15, 0.2) is 0 Å². The summed E-state index contributed by atoms with van der Waals surface area (Å²) < 4.78 is 26.8. The van der Waals surface area contributed by atoms with E-state index in [0.29, 0.717) is 5.02 Å². The molecule has 114 valence electrons. The largest absolute Gasteiger partial charge is 0.263 e. The van der Waals surface area contributed by atoms with Gasteiger partial charge in [0.25, 0.3) is 10.0 Å². The molecular weight excluding hydrogens is 318 g/mol. The van der Waals surface area contributed by atoms with E-state index in [0.717, 1.165) is 23.2 Å². The maximum Gasteiger partial charge on any atom is 0.257 e. The summed E-state index contributed by atoms with van der Waals surface area (Å²) >= 11 is 5.83. The predicted molar refractivity (Wildman–Crippen MR) is 91.5 cm³/mol. The number of para-hydroxylation sites is 1. The van der Waals surface area contributed by atoms with E-state index >= 15 is 0 Å². The van der Waals surface area contributed by atoms with Crippen LogP contribution in [0.25, 0.3) is 6.08 Å². The number of sulfonamides is 1. The molecule has 3 nitrogen and oxygen atoms in total. The van der Waals surface area contributed by atoms with E-state index < -0.39 is 10.0 Å². The van der Waals surface area contributed by atoms with Crippen LogP contribution >= 0.6 is 11.6 Å². The summed E-state index contributed by atoms with van der Waals surface area (Å²) in [5.41, 5.74) is 2.64. The van der Waals surface area contributed by atoms with Gasteiger partial charge in [-0.05, 0) is 48.7 Å². The molecule has 0 bridgehead atoms. The summed E-state index contributed by atoms with van der Waals surface area (Å²) in [5, 5.41) is 1.89. The van der Waals surface area contributed by atoms with Gasteiger partial charge in [-0.1, -0.05) is 41.9 Å². The van der Waals surface area contributed by atoms with Gasteiger partial charge in [0.05, 0.1) is 11.1 Å². The molecule has 0 fully saturated rings. The second-order valence-corrected chi connectivity index (χ2v) is 7.51. The Morgan fingerprint density at radius 1 is 1.14 bits per heavy atom. The number of nitrogens with zero attached hydrogens (tertiary/aromatic N) is 1. The fraction of sp³-hybridized carbons (Fsp3) is 0.176. The van der Waals surface area contributed by atoms with Crippen LogP contribution in [0.15, 0.2) is 53.9 Å². The van der Waals surface area contributed by atoms with Crippen LogP contribution in [0.3, 0.4) is 0 Å². The molecule has 0 radical (unpaired) electrons. The molecule has 1 aliphatic rings. The molecule has 2 aromatic carbocycles. The molecule has 0 spiro atoms. The molecule has 0 N–H and O–H groups in total. The number of rotatable bonds is 3. The second-order valence-electron chi connectivity index (χ2n) is 5.38. The van der Waals surface area contributed by atoms with Gasteiger partial charge < -0.3 is 0 Å². The zero-order chi connectivity index (χ0) is 15.7. The van der Waals surface area contributed by atoms with Crippen molar-refractivity contribution in [3.05, 3.63) is 70.1 Å². The average Bonchev–Trinajstić information content (AvgIpc) is 2.83. The summed E-state index contributed by atoms with van der Waals surface area (Å²) in [6.07, 6.45) is 2.34. The molecule has 22 heavy (non-hydrogen) atoms. The Kier molecular flexibility index (Phi) is 3.98. The Balaban J connectivity index is 1.92. The Morgan fingerprint density at radius 2 is 1.82 bits per heavy atom. The van der Waals surface area contributed by atoms with Crippen LogP contribution in [0, 0.1) is 0 Å². The number of fused-ring (bicyclic) bond motifs is 1. The van der Waals surface area contributed by atoms with E-state index in [2.05, 4.69) is 0 Å². The molecule has 2 aromatic rings. The van der Waals surface area contributed by atoms with Gasteiger partial charge in [0.2, 0.25) is 0 Å². The lowest BCUT2D eigenvalue weighted by Gasteiger charge is -2.22. The van der Waals surface area contributed by atoms with Crippen molar-refractivity contribution in [2.45, 2.75) is 19.4 Å². The summed E-state index contributed by atoms with van der Waals surface area (Å²) in [6.45, 7) is 1.92. The van der Waals surface area contributed by atoms with E-state index in [9.17, 15) is 8.42 Å². The van der Waals surface area contributed by atoms with Gasteiger partial charge in [-0.2, -0.15) is 0 Å². The zero-order valence-corrected chi connectivity index (χ0v) is 13.7. The fourth-order valence-electron chi connectivity index (χ4n) is 2.73. The molecule has 1 aliphatic heterocycles. The number of benzene rings is 2. The lowest BCUT2D eigenvalue weighted by molar-refractivity contribution is 0.593. The summed E-state index contributed by atoms with van der Waals surface area (Å²) in [6, 6.07) is 14.6. The van der Waals surface area contributed by atoms with Gasteiger partial charge in [-0.3, -0.25) is 4.31 Å². The highest BCUT2D eigenvalue weighted by Crippen LogP contribution is 2.34. The summed E-state index contributed by atoms with van der Waals surface area (Å²) in [5.74, 6) is 0. The van der Waals surface area contributed by atoms with Crippen LogP contribution in [0.4, 0.5) is 5.69 Å². The van der Waals surface area contributed by atoms with Crippen molar-refractivity contribution >= 4 is 33.4 Å². The molecule has 0 saturated carbocycles. The maximum absolute atomic E-state index is 12.7. The first-order valence-corrected chi connectivity index (χ1v) is 8.91. The molecular formula is C17H16ClNO2S. The molecule has 1 heterocycles. The van der Waals surface area contributed by atoms with Crippen LogP contribution in [-0.4, -0.2) is 14.5 Å². The average molecular weight is 334 g/mol. The van der Waals surface area contributed by atoms with Gasteiger partial charge in [0, 0.05) is 11.1 Å². The highest BCUT2D eigenvalue weighted by atomic mass is 35.5. The highest BCUT2D eigenvalue weighted by molar-refractivity contribution is 7.95. The minimum absolute atomic E-state index is 0.0720. The molecule has 0 aromatic heterocycles. The summed E-state index contributed by atoms with van der Waals surface area (Å²) in [4.78, 5) is 0. The van der Waals surface area contributed by atoms with Gasteiger partial charge in [-0.15, -0.1) is 0 Å². The quantitative estimate of drug-likeness (QED) is 0.848. The Morgan fingerprint density at radius 3 is 2.55 bits per heavy atom. The van der Waals surface area contributed by atoms with Gasteiger partial charge >= 0.3 is 0 Å². The van der Waals surface area contributed by atoms with E-state index in [1.54, 1.807) is 30.3 Å². The molecule has 1 atom stereocenters. The molecule has 5 heteroatoms. The molecule has 3 rings (SSSR count). The topological polar surface area (TPSA) is 37.4 Å². The second kappa shape index (κ2) is 5.78. The molecule has 1 unspecified atom stereocenters. The van der Waals surface area contributed by atoms with Crippen molar-refractivity contribution in [1.29, 1.82) is 0 Å². The number of halogens is 1. The molecule has 0 amide bonds. The van der Waals surface area contributed by atoms with Crippen molar-refractivity contribution in [2.75, 3.05) is 4.31 Å². The van der Waals surface area contributed by atoms with Crippen LogP contribution in [-0.2, 0) is 16.4 Å². The van der Waals surface area contributed by atoms with E-state index in [1.165, 1.54) is 9.71 Å². The fourth-order valence-corrected chi connectivity index (χ4v) is 4.34.